The summed E-state index contributed by atoms with van der Waals surface area (Å²) in [5.41, 5.74) is 1.75. The minimum Gasteiger partial charge on any atom is -0.436 e. The maximum absolute atomic E-state index is 12.3. The second-order valence-electron chi connectivity index (χ2n) is 12.4. The molecule has 21 heteroatoms. The fraction of sp³-hybridized carbons (Fsp3) is 0.105. The maximum Gasteiger partial charge on any atom is 0.439 e. The lowest BCUT2D eigenvalue weighted by Gasteiger charge is -2.18. The third kappa shape index (κ3) is 8.92. The maximum atomic E-state index is 12.3. The Morgan fingerprint density at radius 2 is 1.17 bits per heavy atom. The quantitative estimate of drug-likeness (QED) is 0.153. The summed E-state index contributed by atoms with van der Waals surface area (Å²) < 4.78 is 21.5. The molecule has 0 saturated carbocycles. The van der Waals surface area contributed by atoms with Crippen LogP contribution in [0.3, 0.4) is 0 Å². The molecule has 0 aliphatic carbocycles. The smallest absolute Gasteiger partial charge is 0.436 e. The number of ketones is 3. The molecule has 0 atom stereocenters. The first-order chi connectivity index (χ1) is 28.2. The average Bonchev–Trinajstić information content (AvgIpc) is 3.86. The number of hydrogen-bond acceptors (Lipinski definition) is 14. The van der Waals surface area contributed by atoms with Crippen LogP contribution < -0.4 is 26.5 Å². The normalized spacial score (nSPS) is 12.0. The van der Waals surface area contributed by atoms with Crippen molar-refractivity contribution in [1.29, 1.82) is 0 Å². The molecular formula is C38H23Cl4N7O10. The fourth-order valence-corrected chi connectivity index (χ4v) is 6.93. The van der Waals surface area contributed by atoms with Crippen LogP contribution in [-0.4, -0.2) is 59.9 Å². The number of fused-ring (bicyclic) bond motifs is 2. The van der Waals surface area contributed by atoms with Crippen LogP contribution >= 0.6 is 46.4 Å². The molecule has 298 valence electrons. The predicted octanol–water partition coefficient (Wildman–Crippen LogP) is 6.25. The molecule has 0 amide bonds. The number of ether oxygens (including phenoxy) is 2. The minimum absolute atomic E-state index is 0.0376. The Hall–Kier alpha value is -6.66. The van der Waals surface area contributed by atoms with Crippen molar-refractivity contribution in [3.8, 4) is 17.4 Å². The Labute approximate surface area is 349 Å². The summed E-state index contributed by atoms with van der Waals surface area (Å²) in [6.45, 7) is -0.0376. The van der Waals surface area contributed by atoms with Gasteiger partial charge >= 0.3 is 11.5 Å². The summed E-state index contributed by atoms with van der Waals surface area (Å²) >= 11 is 25.3. The van der Waals surface area contributed by atoms with E-state index in [9.17, 15) is 28.8 Å². The summed E-state index contributed by atoms with van der Waals surface area (Å²) in [6, 6.07) is 19.8. The molecule has 4 heterocycles. The number of aryl methyl sites for hydroxylation is 1. The highest BCUT2D eigenvalue weighted by molar-refractivity contribution is 6.38. The van der Waals surface area contributed by atoms with Crippen LogP contribution in [-0.2, 0) is 19.9 Å². The zero-order chi connectivity index (χ0) is 42.0. The molecule has 0 saturated heterocycles. The molecule has 0 radical (unpaired) electrons. The molecule has 0 unspecified atom stereocenters. The van der Waals surface area contributed by atoms with Crippen molar-refractivity contribution in [3.63, 3.8) is 0 Å². The molecule has 59 heavy (non-hydrogen) atoms. The number of rotatable bonds is 9. The minimum atomic E-state index is -0.824. The number of aromatic amines is 2. The van der Waals surface area contributed by atoms with Gasteiger partial charge in [0, 0.05) is 31.0 Å². The van der Waals surface area contributed by atoms with Gasteiger partial charge < -0.3 is 9.47 Å². The Morgan fingerprint density at radius 1 is 0.695 bits per heavy atom. The number of aliphatic imine (C=N–C) groups is 1. The van der Waals surface area contributed by atoms with E-state index in [1.54, 1.807) is 48.5 Å². The van der Waals surface area contributed by atoms with Crippen molar-refractivity contribution < 1.29 is 32.9 Å². The standard InChI is InChI=1S/C19H12Cl2N4O5.C19H11Cl2N3O5/c1-25-18(27)11-5-3-2-4-10(11)17(23-25)29-15-12(20)6-9(7-13(15)21)8-14(26)16-22-19(28)30-24-16;20-12-5-9(7-14(25)17-23-19(27)29-24-17)6-13(21)16(12)28-18-11-4-2-1-3-10(11)15(26)8-22-18/h2-7H,8H2,1H3,(H,22,24,28);1-6H,7-8H2,(H,23,24,27). The molecule has 1 aliphatic rings. The topological polar surface area (TPSA) is 235 Å². The molecule has 4 aromatic carbocycles. The SMILES string of the molecule is Cn1nc(Oc2c(Cl)cc(CC(=O)c3noc(=O)[nH]3)cc2Cl)c2ccccc2c1=O.O=C(Cc1cc(Cl)c(OC2=NCC(=O)c3ccccc32)c(Cl)c1)c1noc(=O)[nH]1. The number of nitrogens with zero attached hydrogens (tertiary/aromatic N) is 5. The number of aromatic nitrogens is 6. The Kier molecular flexibility index (Phi) is 11.7. The Morgan fingerprint density at radius 3 is 1.68 bits per heavy atom. The zero-order valence-electron chi connectivity index (χ0n) is 29.9. The average molecular weight is 879 g/mol. The molecule has 0 fully saturated rings. The van der Waals surface area contributed by atoms with Crippen molar-refractivity contribution in [3.05, 3.63) is 158 Å². The van der Waals surface area contributed by atoms with Crippen LogP contribution in [0.15, 0.2) is 101 Å². The van der Waals surface area contributed by atoms with E-state index in [0.717, 1.165) is 4.68 Å². The number of carbonyl (C=O) groups is 3. The number of hydrogen-bond donors (Lipinski definition) is 2. The first-order valence-electron chi connectivity index (χ1n) is 16.9. The number of nitrogens with one attached hydrogen (secondary N) is 2. The molecule has 17 nitrogen and oxygen atoms in total. The van der Waals surface area contributed by atoms with Crippen molar-refractivity contribution >= 4 is 80.4 Å². The largest absolute Gasteiger partial charge is 0.439 e. The second-order valence-corrected chi connectivity index (χ2v) is 14.1. The highest BCUT2D eigenvalue weighted by Crippen LogP contribution is 2.39. The number of halogens is 4. The Balaban J connectivity index is 0.000000179. The van der Waals surface area contributed by atoms with E-state index in [2.05, 4.69) is 39.4 Å². The molecule has 7 aromatic rings. The van der Waals surface area contributed by atoms with E-state index in [1.165, 1.54) is 31.3 Å². The second kappa shape index (κ2) is 17.1. The van der Waals surface area contributed by atoms with Gasteiger partial charge in [-0.05, 0) is 53.6 Å². The van der Waals surface area contributed by atoms with Gasteiger partial charge in [0.15, 0.2) is 17.3 Å². The van der Waals surface area contributed by atoms with Crippen LogP contribution in [0.25, 0.3) is 10.8 Å². The highest BCUT2D eigenvalue weighted by atomic mass is 35.5. The van der Waals surface area contributed by atoms with Crippen LogP contribution in [0.2, 0.25) is 20.1 Å². The third-order valence-electron chi connectivity index (χ3n) is 8.40. The molecule has 8 rings (SSSR count). The van der Waals surface area contributed by atoms with Gasteiger partial charge in [-0.3, -0.25) is 38.2 Å². The van der Waals surface area contributed by atoms with Crippen LogP contribution in [0.5, 0.6) is 17.4 Å². The van der Waals surface area contributed by atoms with E-state index in [4.69, 9.17) is 55.9 Å². The summed E-state index contributed by atoms with van der Waals surface area (Å²) in [4.78, 5) is 79.1. The first-order valence-corrected chi connectivity index (χ1v) is 18.4. The zero-order valence-corrected chi connectivity index (χ0v) is 32.9. The Bertz CT molecular complexity index is 2990. The monoisotopic (exact) mass is 877 g/mol. The number of Topliss-reactive ketones (excluding diaryl/α,β-unsaturated/α-hetero) is 3. The van der Waals surface area contributed by atoms with Crippen molar-refractivity contribution in [2.24, 2.45) is 12.0 Å². The lowest BCUT2D eigenvalue weighted by Crippen LogP contribution is -2.23. The van der Waals surface area contributed by atoms with E-state index in [1.807, 2.05) is 0 Å². The number of carbonyl (C=O) groups excluding carboxylic acids is 3. The van der Waals surface area contributed by atoms with Gasteiger partial charge in [-0.25, -0.2) is 19.3 Å². The fourth-order valence-electron chi connectivity index (χ4n) is 5.71. The van der Waals surface area contributed by atoms with Crippen LogP contribution in [0, 0.1) is 0 Å². The lowest BCUT2D eigenvalue weighted by atomic mass is 10.0. The number of H-pyrrole nitrogens is 2. The van der Waals surface area contributed by atoms with Gasteiger partial charge in [-0.15, -0.1) is 5.10 Å². The van der Waals surface area contributed by atoms with Crippen molar-refractivity contribution in [2.45, 2.75) is 12.8 Å². The van der Waals surface area contributed by atoms with E-state index in [-0.39, 0.29) is 85.7 Å². The molecule has 2 N–H and O–H groups in total. The van der Waals surface area contributed by atoms with Gasteiger partial charge in [-0.1, -0.05) is 87.0 Å². The summed E-state index contributed by atoms with van der Waals surface area (Å²) in [5, 5.41) is 12.4. The van der Waals surface area contributed by atoms with Gasteiger partial charge in [-0.2, -0.15) is 0 Å². The van der Waals surface area contributed by atoms with Gasteiger partial charge in [0.05, 0.1) is 30.9 Å². The van der Waals surface area contributed by atoms with Crippen LogP contribution in [0.1, 0.15) is 48.3 Å². The molecule has 0 bridgehead atoms. The van der Waals surface area contributed by atoms with Crippen LogP contribution in [0.4, 0.5) is 0 Å². The molecule has 1 aliphatic heterocycles. The molecular weight excluding hydrogens is 856 g/mol. The summed E-state index contributed by atoms with van der Waals surface area (Å²) in [5.74, 6) is -2.43. The van der Waals surface area contributed by atoms with Gasteiger partial charge in [0.25, 0.3) is 5.56 Å². The highest BCUT2D eigenvalue weighted by Gasteiger charge is 2.24. The molecule has 3 aromatic heterocycles. The van der Waals surface area contributed by atoms with E-state index in [0.29, 0.717) is 33.0 Å². The van der Waals surface area contributed by atoms with Gasteiger partial charge in [0.2, 0.25) is 35.0 Å². The predicted molar refractivity (Wildman–Crippen MR) is 213 cm³/mol. The third-order valence-corrected chi connectivity index (χ3v) is 9.52. The van der Waals surface area contributed by atoms with Crippen molar-refractivity contribution in [1.82, 2.24) is 30.1 Å². The van der Waals surface area contributed by atoms with Crippen molar-refractivity contribution in [2.75, 3.05) is 6.54 Å². The summed E-state index contributed by atoms with van der Waals surface area (Å²) in [6.07, 6.45) is -0.232. The van der Waals surface area contributed by atoms with E-state index >= 15 is 0 Å². The molecule has 0 spiro atoms. The van der Waals surface area contributed by atoms with Gasteiger partial charge in [0.1, 0.15) is 6.54 Å². The summed E-state index contributed by atoms with van der Waals surface area (Å²) in [7, 11) is 1.51. The number of benzene rings is 4. The lowest BCUT2D eigenvalue weighted by molar-refractivity contribution is 0.0972. The van der Waals surface area contributed by atoms with E-state index < -0.39 is 23.1 Å². The first kappa shape index (κ1) is 40.5.